The Kier molecular flexibility index (Phi) is 6.83. The molecule has 2 aromatic carbocycles. The molecule has 35 heavy (non-hydrogen) atoms. The van der Waals surface area contributed by atoms with Gasteiger partial charge in [-0.1, -0.05) is 17.7 Å². The van der Waals surface area contributed by atoms with E-state index in [0.717, 1.165) is 24.3 Å². The fourth-order valence-electron chi connectivity index (χ4n) is 4.42. The van der Waals surface area contributed by atoms with Crippen LogP contribution in [0.3, 0.4) is 0 Å². The standard InChI is InChI=1S/C26H27ClFN5O2/c1-32-23-14-30-25(17-5-8-21(9-6-17)35-16-20-3-2-11-29-20)31-26(23)33(12-10-24(32)34)15-18-4-7-19(27)13-22(18)28/h4-9,13-14,20,29H,2-3,10-12,15-16H2,1H3/t20-/m0/s1. The number of carbonyl (C=O) groups excluding carboxylic acids is 1. The summed E-state index contributed by atoms with van der Waals surface area (Å²) >= 11 is 5.92. The van der Waals surface area contributed by atoms with E-state index in [-0.39, 0.29) is 18.3 Å². The van der Waals surface area contributed by atoms with Crippen LogP contribution < -0.4 is 19.9 Å². The van der Waals surface area contributed by atoms with E-state index in [4.69, 9.17) is 21.3 Å². The number of hydrogen-bond acceptors (Lipinski definition) is 6. The van der Waals surface area contributed by atoms with Crippen molar-refractivity contribution >= 4 is 29.0 Å². The number of halogens is 2. The second kappa shape index (κ2) is 10.2. The van der Waals surface area contributed by atoms with Crippen LogP contribution in [-0.4, -0.2) is 48.7 Å². The van der Waals surface area contributed by atoms with E-state index in [1.807, 2.05) is 29.2 Å². The van der Waals surface area contributed by atoms with Crippen LogP contribution in [0.25, 0.3) is 11.4 Å². The van der Waals surface area contributed by atoms with Gasteiger partial charge in [-0.05, 0) is 55.8 Å². The SMILES string of the molecule is CN1C(=O)CCN(Cc2ccc(Cl)cc2F)c2nc(-c3ccc(OC[C@@H]4CCCN4)cc3)ncc21. The van der Waals surface area contributed by atoms with Crippen LogP contribution in [0, 0.1) is 5.82 Å². The summed E-state index contributed by atoms with van der Waals surface area (Å²) in [4.78, 5) is 25.4. The zero-order valence-electron chi connectivity index (χ0n) is 19.5. The minimum absolute atomic E-state index is 0.0417. The number of ether oxygens (including phenoxy) is 1. The van der Waals surface area contributed by atoms with E-state index >= 15 is 0 Å². The van der Waals surface area contributed by atoms with Crippen molar-refractivity contribution in [2.75, 3.05) is 36.5 Å². The van der Waals surface area contributed by atoms with Gasteiger partial charge >= 0.3 is 0 Å². The van der Waals surface area contributed by atoms with E-state index in [1.54, 1.807) is 30.3 Å². The van der Waals surface area contributed by atoms with Gasteiger partial charge < -0.3 is 19.9 Å². The predicted molar refractivity (Wildman–Crippen MR) is 134 cm³/mol. The van der Waals surface area contributed by atoms with Crippen LogP contribution >= 0.6 is 11.6 Å². The lowest BCUT2D eigenvalue weighted by Gasteiger charge is -2.24. The molecule has 9 heteroatoms. The number of anilines is 2. The van der Waals surface area contributed by atoms with Gasteiger partial charge in [-0.3, -0.25) is 4.79 Å². The van der Waals surface area contributed by atoms with Gasteiger partial charge in [-0.25, -0.2) is 14.4 Å². The summed E-state index contributed by atoms with van der Waals surface area (Å²) in [5.41, 5.74) is 1.90. The first-order valence-electron chi connectivity index (χ1n) is 11.8. The second-order valence-corrected chi connectivity index (χ2v) is 9.33. The van der Waals surface area contributed by atoms with E-state index in [9.17, 15) is 9.18 Å². The van der Waals surface area contributed by atoms with E-state index in [1.165, 1.54) is 12.5 Å². The van der Waals surface area contributed by atoms with Crippen molar-refractivity contribution in [1.29, 1.82) is 0 Å². The monoisotopic (exact) mass is 495 g/mol. The van der Waals surface area contributed by atoms with Crippen LogP contribution in [0.2, 0.25) is 5.02 Å². The number of amides is 1. The third kappa shape index (κ3) is 5.23. The van der Waals surface area contributed by atoms with Crippen LogP contribution in [-0.2, 0) is 11.3 Å². The van der Waals surface area contributed by atoms with Gasteiger partial charge in [0.1, 0.15) is 23.9 Å². The zero-order chi connectivity index (χ0) is 24.4. The number of nitrogens with one attached hydrogen (secondary N) is 1. The maximum absolute atomic E-state index is 14.5. The number of carbonyl (C=O) groups is 1. The van der Waals surface area contributed by atoms with Crippen molar-refractivity contribution in [2.45, 2.75) is 31.8 Å². The van der Waals surface area contributed by atoms with E-state index < -0.39 is 0 Å². The van der Waals surface area contributed by atoms with Gasteiger partial charge in [0.15, 0.2) is 11.6 Å². The van der Waals surface area contributed by atoms with Crippen LogP contribution in [0.4, 0.5) is 15.9 Å². The van der Waals surface area contributed by atoms with Gasteiger partial charge in [0.05, 0.1) is 6.20 Å². The molecule has 1 N–H and O–H groups in total. The van der Waals surface area contributed by atoms with E-state index in [2.05, 4.69) is 10.3 Å². The Morgan fingerprint density at radius 2 is 2.06 bits per heavy atom. The zero-order valence-corrected chi connectivity index (χ0v) is 20.3. The van der Waals surface area contributed by atoms with Gasteiger partial charge in [0.2, 0.25) is 5.91 Å². The molecule has 5 rings (SSSR count). The average Bonchev–Trinajstić information content (AvgIpc) is 3.36. The lowest BCUT2D eigenvalue weighted by atomic mass is 10.2. The minimum Gasteiger partial charge on any atom is -0.492 e. The summed E-state index contributed by atoms with van der Waals surface area (Å²) in [6.07, 6.45) is 4.26. The largest absolute Gasteiger partial charge is 0.492 e. The van der Waals surface area contributed by atoms with Crippen molar-refractivity contribution in [2.24, 2.45) is 0 Å². The summed E-state index contributed by atoms with van der Waals surface area (Å²) in [7, 11) is 1.71. The van der Waals surface area contributed by atoms with Crippen molar-refractivity contribution in [3.05, 3.63) is 65.1 Å². The van der Waals surface area contributed by atoms with Gasteiger partial charge in [-0.15, -0.1) is 0 Å². The predicted octanol–water partition coefficient (Wildman–Crippen LogP) is 4.44. The maximum Gasteiger partial charge on any atom is 0.228 e. The molecule has 0 radical (unpaired) electrons. The van der Waals surface area contributed by atoms with Crippen LogP contribution in [0.5, 0.6) is 5.75 Å². The molecular formula is C26H27ClFN5O2. The Hall–Kier alpha value is -3.23. The van der Waals surface area contributed by atoms with Crippen molar-refractivity contribution < 1.29 is 13.9 Å². The van der Waals surface area contributed by atoms with Gasteiger partial charge in [0, 0.05) is 48.7 Å². The number of nitrogens with zero attached hydrogens (tertiary/aromatic N) is 4. The number of aromatic nitrogens is 2. The number of benzene rings is 2. The molecule has 0 saturated carbocycles. The third-order valence-electron chi connectivity index (χ3n) is 6.48. The summed E-state index contributed by atoms with van der Waals surface area (Å²) in [5.74, 6) is 1.48. The molecule has 2 aliphatic rings. The summed E-state index contributed by atoms with van der Waals surface area (Å²) in [6.45, 7) is 2.36. The Morgan fingerprint density at radius 3 is 2.80 bits per heavy atom. The molecule has 1 atom stereocenters. The molecule has 1 fully saturated rings. The quantitative estimate of drug-likeness (QED) is 0.545. The summed E-state index contributed by atoms with van der Waals surface area (Å²) < 4.78 is 20.5. The van der Waals surface area contributed by atoms with Crippen LogP contribution in [0.15, 0.2) is 48.7 Å². The summed E-state index contributed by atoms with van der Waals surface area (Å²) in [5, 5.41) is 3.77. The Morgan fingerprint density at radius 1 is 1.23 bits per heavy atom. The average molecular weight is 496 g/mol. The van der Waals surface area contributed by atoms with Gasteiger partial charge in [0.25, 0.3) is 0 Å². The fraction of sp³-hybridized carbons (Fsp3) is 0.346. The smallest absolute Gasteiger partial charge is 0.228 e. The molecule has 1 amide bonds. The minimum atomic E-state index is -0.388. The lowest BCUT2D eigenvalue weighted by Crippen LogP contribution is -2.28. The first-order chi connectivity index (χ1) is 17.0. The second-order valence-electron chi connectivity index (χ2n) is 8.89. The maximum atomic E-state index is 14.5. The highest BCUT2D eigenvalue weighted by Gasteiger charge is 2.27. The number of rotatable bonds is 6. The molecule has 0 spiro atoms. The highest BCUT2D eigenvalue weighted by atomic mass is 35.5. The fourth-order valence-corrected chi connectivity index (χ4v) is 4.58. The summed E-state index contributed by atoms with van der Waals surface area (Å²) in [6, 6.07) is 12.7. The number of fused-ring (bicyclic) bond motifs is 1. The molecule has 0 unspecified atom stereocenters. The molecule has 182 valence electrons. The first kappa shape index (κ1) is 23.5. The molecule has 3 heterocycles. The normalized spacial score (nSPS) is 17.9. The van der Waals surface area contributed by atoms with E-state index in [0.29, 0.717) is 53.5 Å². The van der Waals surface area contributed by atoms with Crippen LogP contribution in [0.1, 0.15) is 24.8 Å². The topological polar surface area (TPSA) is 70.6 Å². The Labute approximate surface area is 208 Å². The molecule has 1 aromatic heterocycles. The Balaban J connectivity index is 1.41. The van der Waals surface area contributed by atoms with Crippen molar-refractivity contribution in [3.8, 4) is 17.1 Å². The van der Waals surface area contributed by atoms with Crippen molar-refractivity contribution in [1.82, 2.24) is 15.3 Å². The highest BCUT2D eigenvalue weighted by Crippen LogP contribution is 2.33. The lowest BCUT2D eigenvalue weighted by molar-refractivity contribution is -0.118. The molecule has 1 saturated heterocycles. The first-order valence-corrected chi connectivity index (χ1v) is 12.1. The Bertz CT molecular complexity index is 1220. The molecule has 2 aliphatic heterocycles. The molecule has 3 aromatic rings. The third-order valence-corrected chi connectivity index (χ3v) is 6.72. The molecular weight excluding hydrogens is 469 g/mol. The molecule has 0 aliphatic carbocycles. The highest BCUT2D eigenvalue weighted by molar-refractivity contribution is 6.30. The van der Waals surface area contributed by atoms with Gasteiger partial charge in [-0.2, -0.15) is 0 Å². The van der Waals surface area contributed by atoms with Crippen molar-refractivity contribution in [3.63, 3.8) is 0 Å². The molecule has 0 bridgehead atoms. The molecule has 7 nitrogen and oxygen atoms in total. The number of hydrogen-bond donors (Lipinski definition) is 1.